The summed E-state index contributed by atoms with van der Waals surface area (Å²) in [7, 11) is 0. The van der Waals surface area contributed by atoms with Gasteiger partial charge >= 0.3 is 0 Å². The molecule has 162 valence electrons. The van der Waals surface area contributed by atoms with Crippen LogP contribution in [0.1, 0.15) is 59.2 Å². The first-order chi connectivity index (χ1) is 14.9. The number of carbonyl (C=O) groups is 2. The minimum absolute atomic E-state index is 0.0500. The molecule has 2 aromatic heterocycles. The molecule has 0 radical (unpaired) electrons. The topological polar surface area (TPSA) is 57.9 Å². The molecule has 0 fully saturated rings. The molecule has 0 atom stereocenters. The van der Waals surface area contributed by atoms with Gasteiger partial charge in [-0.25, -0.2) is 4.98 Å². The van der Waals surface area contributed by atoms with E-state index in [1.165, 1.54) is 5.56 Å². The van der Waals surface area contributed by atoms with Crippen LogP contribution in [-0.4, -0.2) is 50.1 Å². The standard InChI is InChI=1S/C24H27BrN4O2/c1-4-9-29(16(2)3)23(30)18-6-5-17-7-10-28(14-19(17)12-18)24(31)21-15-27-11-8-20(25)13-22(27)26-21/h5-6,8,11-13,15-16H,4,7,9-10,14H2,1-3H3. The Balaban J connectivity index is 1.56. The molecular weight excluding hydrogens is 456 g/mol. The van der Waals surface area contributed by atoms with Crippen LogP contribution >= 0.6 is 15.9 Å². The van der Waals surface area contributed by atoms with Gasteiger partial charge < -0.3 is 14.2 Å². The third-order valence-electron chi connectivity index (χ3n) is 5.74. The van der Waals surface area contributed by atoms with E-state index in [1.54, 1.807) is 6.20 Å². The Hall–Kier alpha value is -2.67. The van der Waals surface area contributed by atoms with Gasteiger partial charge in [-0.3, -0.25) is 9.59 Å². The van der Waals surface area contributed by atoms with Gasteiger partial charge in [0.1, 0.15) is 11.3 Å². The molecule has 1 aliphatic rings. The van der Waals surface area contributed by atoms with E-state index in [0.717, 1.165) is 35.1 Å². The Kier molecular flexibility index (Phi) is 6.14. The second kappa shape index (κ2) is 8.83. The summed E-state index contributed by atoms with van der Waals surface area (Å²) in [6, 6.07) is 9.87. The summed E-state index contributed by atoms with van der Waals surface area (Å²) in [6.45, 7) is 8.03. The molecule has 3 heterocycles. The van der Waals surface area contributed by atoms with Crippen LogP contribution in [0.25, 0.3) is 5.65 Å². The molecular formula is C24H27BrN4O2. The fraction of sp³-hybridized carbons (Fsp3) is 0.375. The number of fused-ring (bicyclic) bond motifs is 2. The van der Waals surface area contributed by atoms with E-state index in [9.17, 15) is 9.59 Å². The Labute approximate surface area is 191 Å². The maximum atomic E-state index is 13.1. The molecule has 6 nitrogen and oxygen atoms in total. The molecule has 0 N–H and O–H groups in total. The lowest BCUT2D eigenvalue weighted by molar-refractivity contribution is 0.0705. The largest absolute Gasteiger partial charge is 0.336 e. The Morgan fingerprint density at radius 3 is 2.74 bits per heavy atom. The lowest BCUT2D eigenvalue weighted by Gasteiger charge is -2.30. The highest BCUT2D eigenvalue weighted by atomic mass is 79.9. The Bertz CT molecular complexity index is 1140. The zero-order valence-corrected chi connectivity index (χ0v) is 19.7. The Morgan fingerprint density at radius 2 is 2.00 bits per heavy atom. The maximum Gasteiger partial charge on any atom is 0.274 e. The zero-order valence-electron chi connectivity index (χ0n) is 18.1. The monoisotopic (exact) mass is 482 g/mol. The number of rotatable bonds is 5. The fourth-order valence-corrected chi connectivity index (χ4v) is 4.41. The molecule has 3 aromatic rings. The summed E-state index contributed by atoms with van der Waals surface area (Å²) in [6.07, 6.45) is 5.35. The van der Waals surface area contributed by atoms with Crippen molar-refractivity contribution in [3.63, 3.8) is 0 Å². The van der Waals surface area contributed by atoms with Crippen molar-refractivity contribution in [1.82, 2.24) is 19.2 Å². The normalized spacial score (nSPS) is 13.5. The summed E-state index contributed by atoms with van der Waals surface area (Å²) >= 11 is 3.44. The average Bonchev–Trinajstić information content (AvgIpc) is 3.18. The highest BCUT2D eigenvalue weighted by Crippen LogP contribution is 2.23. The van der Waals surface area contributed by atoms with Gasteiger partial charge in [0.15, 0.2) is 0 Å². The summed E-state index contributed by atoms with van der Waals surface area (Å²) < 4.78 is 2.77. The van der Waals surface area contributed by atoms with E-state index in [4.69, 9.17) is 0 Å². The van der Waals surface area contributed by atoms with E-state index in [1.807, 2.05) is 64.6 Å². The summed E-state index contributed by atoms with van der Waals surface area (Å²) in [5.41, 5.74) is 4.09. The molecule has 0 saturated carbocycles. The van der Waals surface area contributed by atoms with Crippen molar-refractivity contribution in [1.29, 1.82) is 0 Å². The molecule has 0 unspecified atom stereocenters. The molecule has 0 spiro atoms. The summed E-state index contributed by atoms with van der Waals surface area (Å²) in [5.74, 6) is -0.0361. The highest BCUT2D eigenvalue weighted by Gasteiger charge is 2.25. The van der Waals surface area contributed by atoms with E-state index in [2.05, 4.69) is 27.8 Å². The Morgan fingerprint density at radius 1 is 1.19 bits per heavy atom. The van der Waals surface area contributed by atoms with Gasteiger partial charge in [0, 0.05) is 48.1 Å². The minimum Gasteiger partial charge on any atom is -0.336 e. The average molecular weight is 483 g/mol. The number of carbonyl (C=O) groups excluding carboxylic acids is 2. The van der Waals surface area contributed by atoms with Crippen molar-refractivity contribution >= 4 is 33.4 Å². The molecule has 0 aliphatic carbocycles. The number of amides is 2. The van der Waals surface area contributed by atoms with E-state index >= 15 is 0 Å². The quantitative estimate of drug-likeness (QED) is 0.535. The van der Waals surface area contributed by atoms with Gasteiger partial charge in [-0.2, -0.15) is 0 Å². The van der Waals surface area contributed by atoms with Gasteiger partial charge in [0.25, 0.3) is 11.8 Å². The van der Waals surface area contributed by atoms with Crippen LogP contribution < -0.4 is 0 Å². The number of halogens is 1. The lowest BCUT2D eigenvalue weighted by Crippen LogP contribution is -2.38. The number of hydrogen-bond acceptors (Lipinski definition) is 3. The van der Waals surface area contributed by atoms with Crippen LogP contribution in [0.4, 0.5) is 0 Å². The second-order valence-electron chi connectivity index (χ2n) is 8.29. The molecule has 0 bridgehead atoms. The zero-order chi connectivity index (χ0) is 22.1. The maximum absolute atomic E-state index is 13.1. The third kappa shape index (κ3) is 4.37. The molecule has 4 rings (SSSR count). The van der Waals surface area contributed by atoms with E-state index in [0.29, 0.717) is 24.3 Å². The summed E-state index contributed by atoms with van der Waals surface area (Å²) in [4.78, 5) is 34.4. The SMILES string of the molecule is CCCN(C(=O)c1ccc2c(c1)CN(C(=O)c1cn3ccc(Br)cc3n1)CC2)C(C)C. The van der Waals surface area contributed by atoms with Gasteiger partial charge in [0.2, 0.25) is 0 Å². The van der Waals surface area contributed by atoms with Crippen LogP contribution in [0.15, 0.2) is 47.2 Å². The predicted molar refractivity (Wildman–Crippen MR) is 124 cm³/mol. The van der Waals surface area contributed by atoms with Crippen molar-refractivity contribution in [2.75, 3.05) is 13.1 Å². The predicted octanol–water partition coefficient (Wildman–Crippen LogP) is 4.56. The smallest absolute Gasteiger partial charge is 0.274 e. The van der Waals surface area contributed by atoms with Gasteiger partial charge in [-0.1, -0.05) is 28.9 Å². The van der Waals surface area contributed by atoms with Crippen LogP contribution in [0.3, 0.4) is 0 Å². The summed E-state index contributed by atoms with van der Waals surface area (Å²) in [5, 5.41) is 0. The first-order valence-corrected chi connectivity index (χ1v) is 11.5. The van der Waals surface area contributed by atoms with Crippen molar-refractivity contribution in [2.45, 2.75) is 46.2 Å². The van der Waals surface area contributed by atoms with Crippen LogP contribution in [0.2, 0.25) is 0 Å². The molecule has 2 amide bonds. The van der Waals surface area contributed by atoms with Gasteiger partial charge in [0.05, 0.1) is 0 Å². The van der Waals surface area contributed by atoms with E-state index in [-0.39, 0.29) is 17.9 Å². The van der Waals surface area contributed by atoms with Crippen LogP contribution in [-0.2, 0) is 13.0 Å². The first kappa shape index (κ1) is 21.6. The van der Waals surface area contributed by atoms with Crippen molar-refractivity contribution in [3.8, 4) is 0 Å². The van der Waals surface area contributed by atoms with Crippen LogP contribution in [0, 0.1) is 0 Å². The number of hydrogen-bond donors (Lipinski definition) is 0. The highest BCUT2D eigenvalue weighted by molar-refractivity contribution is 9.10. The number of imidazole rings is 1. The number of nitrogens with zero attached hydrogens (tertiary/aromatic N) is 4. The fourth-order valence-electron chi connectivity index (χ4n) is 4.09. The molecule has 31 heavy (non-hydrogen) atoms. The van der Waals surface area contributed by atoms with Gasteiger partial charge in [-0.15, -0.1) is 0 Å². The lowest BCUT2D eigenvalue weighted by atomic mass is 9.96. The van der Waals surface area contributed by atoms with Gasteiger partial charge in [-0.05, 0) is 62.1 Å². The second-order valence-corrected chi connectivity index (χ2v) is 9.20. The number of pyridine rings is 1. The molecule has 7 heteroatoms. The van der Waals surface area contributed by atoms with Crippen molar-refractivity contribution in [3.05, 3.63) is 69.6 Å². The number of benzene rings is 1. The third-order valence-corrected chi connectivity index (χ3v) is 6.24. The number of aromatic nitrogens is 2. The molecule has 1 aliphatic heterocycles. The molecule has 0 saturated heterocycles. The molecule has 1 aromatic carbocycles. The van der Waals surface area contributed by atoms with E-state index < -0.39 is 0 Å². The minimum atomic E-state index is -0.0861. The van der Waals surface area contributed by atoms with Crippen molar-refractivity contribution in [2.24, 2.45) is 0 Å². The van der Waals surface area contributed by atoms with Crippen molar-refractivity contribution < 1.29 is 9.59 Å². The van der Waals surface area contributed by atoms with Crippen LogP contribution in [0.5, 0.6) is 0 Å². The first-order valence-electron chi connectivity index (χ1n) is 10.7.